The fourth-order valence-electron chi connectivity index (χ4n) is 0.706. The molecule has 1 aromatic rings. The number of hydrogen-bond acceptors (Lipinski definition) is 3. The Balaban J connectivity index is 2.44. The topological polar surface area (TPSA) is 93.9 Å². The Morgan fingerprint density at radius 3 is 2.77 bits per heavy atom. The van der Waals surface area contributed by atoms with Gasteiger partial charge in [0, 0.05) is 14.1 Å². The van der Waals surface area contributed by atoms with Crippen molar-refractivity contribution in [1.29, 1.82) is 0 Å². The Morgan fingerprint density at radius 1 is 1.62 bits per heavy atom. The second kappa shape index (κ2) is 3.74. The van der Waals surface area contributed by atoms with Gasteiger partial charge >= 0.3 is 11.7 Å². The van der Waals surface area contributed by atoms with E-state index in [0.29, 0.717) is 5.82 Å². The summed E-state index contributed by atoms with van der Waals surface area (Å²) in [7, 11) is 3.26. The summed E-state index contributed by atoms with van der Waals surface area (Å²) in [4.78, 5) is 25.4. The number of aromatic nitrogens is 3. The van der Waals surface area contributed by atoms with Gasteiger partial charge in [0.1, 0.15) is 5.82 Å². The molecule has 0 bridgehead atoms. The number of hydrogen-bond donors (Lipinski definition) is 3. The minimum atomic E-state index is -0.380. The van der Waals surface area contributed by atoms with Gasteiger partial charge in [-0.05, 0) is 0 Å². The van der Waals surface area contributed by atoms with Crippen LogP contribution in [-0.4, -0.2) is 40.2 Å². The van der Waals surface area contributed by atoms with Crippen LogP contribution in [0.25, 0.3) is 0 Å². The quantitative estimate of drug-likeness (QED) is 0.544. The van der Waals surface area contributed by atoms with Gasteiger partial charge in [-0.25, -0.2) is 14.7 Å². The van der Waals surface area contributed by atoms with Crippen LogP contribution in [0.1, 0.15) is 5.82 Å². The maximum atomic E-state index is 11.0. The molecule has 0 saturated carbocycles. The first-order valence-corrected chi connectivity index (χ1v) is 3.68. The lowest BCUT2D eigenvalue weighted by molar-refractivity contribution is 0.216. The summed E-state index contributed by atoms with van der Waals surface area (Å²) in [6.45, 7) is 0.204. The third-order valence-electron chi connectivity index (χ3n) is 1.36. The van der Waals surface area contributed by atoms with E-state index in [2.05, 4.69) is 20.5 Å². The van der Waals surface area contributed by atoms with E-state index < -0.39 is 0 Å². The number of nitrogens with one attached hydrogen (secondary N) is 3. The molecule has 0 spiro atoms. The van der Waals surface area contributed by atoms with Gasteiger partial charge in [0.2, 0.25) is 0 Å². The van der Waals surface area contributed by atoms with Crippen LogP contribution in [0.3, 0.4) is 0 Å². The highest BCUT2D eigenvalue weighted by atomic mass is 16.2. The van der Waals surface area contributed by atoms with Crippen molar-refractivity contribution in [3.8, 4) is 0 Å². The van der Waals surface area contributed by atoms with Crippen molar-refractivity contribution in [3.63, 3.8) is 0 Å². The zero-order valence-corrected chi connectivity index (χ0v) is 7.42. The van der Waals surface area contributed by atoms with Crippen molar-refractivity contribution in [2.45, 2.75) is 6.54 Å². The average molecular weight is 185 g/mol. The van der Waals surface area contributed by atoms with E-state index >= 15 is 0 Å². The Kier molecular flexibility index (Phi) is 2.68. The largest absolute Gasteiger partial charge is 0.340 e. The minimum absolute atomic E-state index is 0.204. The maximum absolute atomic E-state index is 11.0. The highest BCUT2D eigenvalue weighted by molar-refractivity contribution is 5.73. The summed E-state index contributed by atoms with van der Waals surface area (Å²) >= 11 is 0. The van der Waals surface area contributed by atoms with Crippen molar-refractivity contribution in [1.82, 2.24) is 25.4 Å². The maximum Gasteiger partial charge on any atom is 0.340 e. The van der Waals surface area contributed by atoms with Crippen LogP contribution >= 0.6 is 0 Å². The highest BCUT2D eigenvalue weighted by Gasteiger charge is 2.03. The molecule has 0 saturated heterocycles. The molecular weight excluding hydrogens is 174 g/mol. The summed E-state index contributed by atoms with van der Waals surface area (Å²) < 4.78 is 0. The van der Waals surface area contributed by atoms with E-state index in [4.69, 9.17) is 0 Å². The second-order valence-electron chi connectivity index (χ2n) is 2.68. The predicted molar refractivity (Wildman–Crippen MR) is 45.1 cm³/mol. The molecule has 1 rings (SSSR count). The van der Waals surface area contributed by atoms with Gasteiger partial charge in [0.25, 0.3) is 0 Å². The molecule has 13 heavy (non-hydrogen) atoms. The molecule has 72 valence electrons. The smallest absolute Gasteiger partial charge is 0.331 e. The first kappa shape index (κ1) is 9.30. The van der Waals surface area contributed by atoms with Gasteiger partial charge in [-0.15, -0.1) is 0 Å². The molecule has 0 aromatic carbocycles. The Bertz CT molecular complexity index is 339. The number of carbonyl (C=O) groups excluding carboxylic acids is 1. The molecule has 0 unspecified atom stereocenters. The fourth-order valence-corrected chi connectivity index (χ4v) is 0.706. The molecule has 0 atom stereocenters. The predicted octanol–water partition coefficient (Wildman–Crippen LogP) is -1.13. The third-order valence-corrected chi connectivity index (χ3v) is 1.36. The zero-order valence-electron chi connectivity index (χ0n) is 7.42. The van der Waals surface area contributed by atoms with E-state index in [1.807, 2.05) is 0 Å². The van der Waals surface area contributed by atoms with Gasteiger partial charge in [0.05, 0.1) is 6.54 Å². The standard InChI is InChI=1S/C6H11N5O2/c1-11(2)6(13)7-3-4-8-5(12)10-9-4/h3H2,1-2H3,(H,7,13)(H2,8,9,10,12). The minimum Gasteiger partial charge on any atom is -0.331 e. The summed E-state index contributed by atoms with van der Waals surface area (Å²) in [6, 6.07) is -0.233. The molecule has 0 aliphatic rings. The summed E-state index contributed by atoms with van der Waals surface area (Å²) in [6.07, 6.45) is 0. The van der Waals surface area contributed by atoms with Crippen LogP contribution < -0.4 is 11.0 Å². The SMILES string of the molecule is CN(C)C(=O)NCc1n[nH]c(=O)[nH]1. The Morgan fingerprint density at radius 2 is 2.31 bits per heavy atom. The summed E-state index contributed by atoms with van der Waals surface area (Å²) in [5.41, 5.74) is -0.380. The molecule has 1 heterocycles. The molecular formula is C6H11N5O2. The van der Waals surface area contributed by atoms with Gasteiger partial charge in [-0.3, -0.25) is 4.98 Å². The Labute approximate surface area is 74.1 Å². The molecule has 7 nitrogen and oxygen atoms in total. The molecule has 0 aliphatic heterocycles. The van der Waals surface area contributed by atoms with Gasteiger partial charge in [-0.2, -0.15) is 5.10 Å². The van der Waals surface area contributed by atoms with E-state index in [0.717, 1.165) is 0 Å². The third kappa shape index (κ3) is 2.62. The first-order chi connectivity index (χ1) is 6.09. The number of carbonyl (C=O) groups is 1. The number of aromatic amines is 2. The van der Waals surface area contributed by atoms with Crippen LogP contribution in [-0.2, 0) is 6.54 Å². The van der Waals surface area contributed by atoms with Crippen molar-refractivity contribution >= 4 is 6.03 Å². The van der Waals surface area contributed by atoms with Crippen molar-refractivity contribution in [3.05, 3.63) is 16.3 Å². The molecule has 0 aliphatic carbocycles. The van der Waals surface area contributed by atoms with Crippen LogP contribution in [0.5, 0.6) is 0 Å². The number of nitrogens with zero attached hydrogens (tertiary/aromatic N) is 2. The van der Waals surface area contributed by atoms with Crippen molar-refractivity contribution in [2.24, 2.45) is 0 Å². The van der Waals surface area contributed by atoms with Crippen LogP contribution in [0, 0.1) is 0 Å². The molecule has 2 amide bonds. The van der Waals surface area contributed by atoms with Crippen LogP contribution in [0.2, 0.25) is 0 Å². The van der Waals surface area contributed by atoms with Gasteiger partial charge < -0.3 is 10.2 Å². The molecule has 3 N–H and O–H groups in total. The van der Waals surface area contributed by atoms with Gasteiger partial charge in [-0.1, -0.05) is 0 Å². The lowest BCUT2D eigenvalue weighted by Crippen LogP contribution is -2.34. The average Bonchev–Trinajstić information content (AvgIpc) is 2.47. The molecule has 7 heteroatoms. The summed E-state index contributed by atoms with van der Waals surface area (Å²) in [5, 5.41) is 8.36. The van der Waals surface area contributed by atoms with Crippen molar-refractivity contribution in [2.75, 3.05) is 14.1 Å². The first-order valence-electron chi connectivity index (χ1n) is 3.68. The molecule has 1 aromatic heterocycles. The fraction of sp³-hybridized carbons (Fsp3) is 0.500. The van der Waals surface area contributed by atoms with E-state index in [1.54, 1.807) is 14.1 Å². The van der Waals surface area contributed by atoms with Crippen LogP contribution in [0.15, 0.2) is 4.79 Å². The number of urea groups is 1. The molecule has 0 radical (unpaired) electrons. The second-order valence-corrected chi connectivity index (χ2v) is 2.68. The van der Waals surface area contributed by atoms with Gasteiger partial charge in [0.15, 0.2) is 0 Å². The van der Waals surface area contributed by atoms with E-state index in [-0.39, 0.29) is 18.3 Å². The van der Waals surface area contributed by atoms with Crippen LogP contribution in [0.4, 0.5) is 4.79 Å². The normalized spacial score (nSPS) is 9.69. The zero-order chi connectivity index (χ0) is 9.84. The monoisotopic (exact) mass is 185 g/mol. The van der Waals surface area contributed by atoms with Crippen molar-refractivity contribution < 1.29 is 4.79 Å². The van der Waals surface area contributed by atoms with E-state index in [9.17, 15) is 9.59 Å². The number of amides is 2. The number of H-pyrrole nitrogens is 2. The number of rotatable bonds is 2. The van der Waals surface area contributed by atoms with E-state index in [1.165, 1.54) is 4.90 Å². The highest BCUT2D eigenvalue weighted by Crippen LogP contribution is 1.83. The lowest BCUT2D eigenvalue weighted by atomic mass is 10.6. The lowest BCUT2D eigenvalue weighted by Gasteiger charge is -2.10. The molecule has 0 fully saturated rings. The summed E-state index contributed by atoms with van der Waals surface area (Å²) in [5.74, 6) is 0.403. The Hall–Kier alpha value is -1.79.